The Hall–Kier alpha value is -0.820. The zero-order chi connectivity index (χ0) is 13.3. The normalized spacial score (nSPS) is 19.0. The van der Waals surface area contributed by atoms with E-state index >= 15 is 0 Å². The number of halogens is 1. The molecule has 2 N–H and O–H groups in total. The highest BCUT2D eigenvalue weighted by Crippen LogP contribution is 2.27. The summed E-state index contributed by atoms with van der Waals surface area (Å²) in [4.78, 5) is 2.18. The summed E-state index contributed by atoms with van der Waals surface area (Å²) < 4.78 is 26.3. The van der Waals surface area contributed by atoms with Crippen molar-refractivity contribution in [2.24, 2.45) is 0 Å². The van der Waals surface area contributed by atoms with Crippen molar-refractivity contribution < 1.29 is 8.42 Å². The molecule has 0 atom stereocenters. The number of nitrogens with zero attached hydrogens (tertiary/aromatic N) is 2. The minimum atomic E-state index is -3.54. The standard InChI is InChI=1S/C11H16ClN3O2S/c1-14-4-6-15(7-5-14)18(16,17)11-8-9(13)2-3-10(11)12/h2-3,8H,4-7,13H2,1H3. The molecule has 0 radical (unpaired) electrons. The fourth-order valence-electron chi connectivity index (χ4n) is 1.89. The van der Waals surface area contributed by atoms with Gasteiger partial charge in [0.1, 0.15) is 4.90 Å². The molecule has 2 rings (SSSR count). The highest BCUT2D eigenvalue weighted by atomic mass is 35.5. The molecular weight excluding hydrogens is 274 g/mol. The summed E-state index contributed by atoms with van der Waals surface area (Å²) in [5.41, 5.74) is 6.02. The average Bonchev–Trinajstić information content (AvgIpc) is 2.32. The van der Waals surface area contributed by atoms with Crippen molar-refractivity contribution in [1.29, 1.82) is 0 Å². The molecule has 5 nitrogen and oxygen atoms in total. The van der Waals surface area contributed by atoms with Crippen molar-refractivity contribution >= 4 is 27.3 Å². The van der Waals surface area contributed by atoms with E-state index in [1.807, 2.05) is 7.05 Å². The fourth-order valence-corrected chi connectivity index (χ4v) is 3.82. The van der Waals surface area contributed by atoms with E-state index in [-0.39, 0.29) is 9.92 Å². The lowest BCUT2D eigenvalue weighted by Gasteiger charge is -2.31. The first-order chi connectivity index (χ1) is 8.41. The van der Waals surface area contributed by atoms with Gasteiger partial charge in [-0.05, 0) is 25.2 Å². The second kappa shape index (κ2) is 5.05. The van der Waals surface area contributed by atoms with Gasteiger partial charge in [-0.3, -0.25) is 0 Å². The van der Waals surface area contributed by atoms with Gasteiger partial charge in [0.05, 0.1) is 5.02 Å². The molecule has 1 fully saturated rings. The van der Waals surface area contributed by atoms with Crippen molar-refractivity contribution in [3.8, 4) is 0 Å². The van der Waals surface area contributed by atoms with Crippen LogP contribution in [0.3, 0.4) is 0 Å². The van der Waals surface area contributed by atoms with Crippen LogP contribution in [-0.2, 0) is 10.0 Å². The number of hydrogen-bond acceptors (Lipinski definition) is 4. The second-order valence-corrected chi connectivity index (χ2v) is 6.71. The van der Waals surface area contributed by atoms with Crippen molar-refractivity contribution in [3.05, 3.63) is 23.2 Å². The molecule has 0 bridgehead atoms. The van der Waals surface area contributed by atoms with Crippen LogP contribution < -0.4 is 5.73 Å². The van der Waals surface area contributed by atoms with Gasteiger partial charge in [-0.2, -0.15) is 4.31 Å². The number of likely N-dealkylation sites (N-methyl/N-ethyl adjacent to an activating group) is 1. The van der Waals surface area contributed by atoms with Gasteiger partial charge in [0.25, 0.3) is 0 Å². The zero-order valence-electron chi connectivity index (χ0n) is 10.1. The van der Waals surface area contributed by atoms with E-state index in [1.165, 1.54) is 16.4 Å². The second-order valence-electron chi connectivity index (χ2n) is 4.40. The molecule has 1 saturated heterocycles. The Morgan fingerprint density at radius 1 is 1.22 bits per heavy atom. The van der Waals surface area contributed by atoms with E-state index in [1.54, 1.807) is 6.07 Å². The molecule has 0 spiro atoms. The third-order valence-corrected chi connectivity index (χ3v) is 5.42. The highest BCUT2D eigenvalue weighted by molar-refractivity contribution is 7.89. The third kappa shape index (κ3) is 2.61. The Labute approximate surface area is 112 Å². The van der Waals surface area contributed by atoms with Crippen LogP contribution in [0, 0.1) is 0 Å². The largest absolute Gasteiger partial charge is 0.399 e. The van der Waals surface area contributed by atoms with E-state index < -0.39 is 10.0 Å². The monoisotopic (exact) mass is 289 g/mol. The van der Waals surface area contributed by atoms with Crippen LogP contribution in [0.25, 0.3) is 0 Å². The molecule has 0 unspecified atom stereocenters. The summed E-state index contributed by atoms with van der Waals surface area (Å²) in [6, 6.07) is 4.52. The maximum absolute atomic E-state index is 12.4. The molecule has 7 heteroatoms. The van der Waals surface area contributed by atoms with Gasteiger partial charge in [0.2, 0.25) is 10.0 Å². The lowest BCUT2D eigenvalue weighted by atomic mass is 10.3. The van der Waals surface area contributed by atoms with Gasteiger partial charge >= 0.3 is 0 Å². The van der Waals surface area contributed by atoms with Crippen LogP contribution in [0.1, 0.15) is 0 Å². The molecule has 1 aliphatic heterocycles. The lowest BCUT2D eigenvalue weighted by molar-refractivity contribution is 0.222. The van der Waals surface area contributed by atoms with Crippen LogP contribution in [-0.4, -0.2) is 50.8 Å². The smallest absolute Gasteiger partial charge is 0.244 e. The van der Waals surface area contributed by atoms with E-state index in [9.17, 15) is 8.42 Å². The summed E-state index contributed by atoms with van der Waals surface area (Å²) in [5.74, 6) is 0. The molecule has 0 saturated carbocycles. The summed E-state index contributed by atoms with van der Waals surface area (Å²) in [6.45, 7) is 2.40. The molecule has 0 aliphatic carbocycles. The van der Waals surface area contributed by atoms with E-state index in [4.69, 9.17) is 17.3 Å². The first kappa shape index (κ1) is 13.6. The lowest BCUT2D eigenvalue weighted by Crippen LogP contribution is -2.47. The maximum Gasteiger partial charge on any atom is 0.244 e. The van der Waals surface area contributed by atoms with Crippen LogP contribution in [0.2, 0.25) is 5.02 Å². The maximum atomic E-state index is 12.4. The van der Waals surface area contributed by atoms with Crippen LogP contribution in [0.5, 0.6) is 0 Å². The highest BCUT2D eigenvalue weighted by Gasteiger charge is 2.29. The molecule has 18 heavy (non-hydrogen) atoms. The molecule has 100 valence electrons. The van der Waals surface area contributed by atoms with Crippen LogP contribution in [0.4, 0.5) is 5.69 Å². The van der Waals surface area contributed by atoms with E-state index in [2.05, 4.69) is 4.90 Å². The molecule has 0 amide bonds. The molecule has 1 aromatic carbocycles. The van der Waals surface area contributed by atoms with Crippen LogP contribution >= 0.6 is 11.6 Å². The topological polar surface area (TPSA) is 66.6 Å². The fraction of sp³-hybridized carbons (Fsp3) is 0.455. The molecular formula is C11H16ClN3O2S. The van der Waals surface area contributed by atoms with Crippen molar-refractivity contribution in [1.82, 2.24) is 9.21 Å². The Morgan fingerprint density at radius 3 is 2.44 bits per heavy atom. The Balaban J connectivity index is 2.33. The van der Waals surface area contributed by atoms with Gasteiger partial charge in [-0.15, -0.1) is 0 Å². The minimum absolute atomic E-state index is 0.0914. The van der Waals surface area contributed by atoms with E-state index in [0.717, 1.165) is 13.1 Å². The first-order valence-electron chi connectivity index (χ1n) is 5.65. The number of piperazine rings is 1. The number of rotatable bonds is 2. The van der Waals surface area contributed by atoms with Gasteiger partial charge in [0, 0.05) is 31.9 Å². The minimum Gasteiger partial charge on any atom is -0.399 e. The third-order valence-electron chi connectivity index (χ3n) is 3.04. The Morgan fingerprint density at radius 2 is 1.83 bits per heavy atom. The number of hydrogen-bond donors (Lipinski definition) is 1. The van der Waals surface area contributed by atoms with Gasteiger partial charge in [-0.25, -0.2) is 8.42 Å². The molecule has 1 aliphatic rings. The van der Waals surface area contributed by atoms with Gasteiger partial charge < -0.3 is 10.6 Å². The quantitative estimate of drug-likeness (QED) is 0.820. The predicted molar refractivity (Wildman–Crippen MR) is 72.1 cm³/mol. The van der Waals surface area contributed by atoms with Crippen molar-refractivity contribution in [2.45, 2.75) is 4.90 Å². The number of sulfonamides is 1. The molecule has 0 aromatic heterocycles. The summed E-state index contributed by atoms with van der Waals surface area (Å²) in [6.07, 6.45) is 0. The van der Waals surface area contributed by atoms with Gasteiger partial charge in [-0.1, -0.05) is 11.6 Å². The predicted octanol–water partition coefficient (Wildman–Crippen LogP) is 0.858. The first-order valence-corrected chi connectivity index (χ1v) is 7.47. The molecule has 1 heterocycles. The van der Waals surface area contributed by atoms with Crippen LogP contribution in [0.15, 0.2) is 23.1 Å². The Bertz CT molecular complexity index is 539. The zero-order valence-corrected chi connectivity index (χ0v) is 11.7. The molecule has 1 aromatic rings. The van der Waals surface area contributed by atoms with E-state index in [0.29, 0.717) is 18.8 Å². The SMILES string of the molecule is CN1CCN(S(=O)(=O)c2cc(N)ccc2Cl)CC1. The van der Waals surface area contributed by atoms with Crippen molar-refractivity contribution in [3.63, 3.8) is 0 Å². The van der Waals surface area contributed by atoms with Gasteiger partial charge in [0.15, 0.2) is 0 Å². The van der Waals surface area contributed by atoms with Crippen molar-refractivity contribution in [2.75, 3.05) is 39.0 Å². The number of nitrogen functional groups attached to an aromatic ring is 1. The average molecular weight is 290 g/mol. The summed E-state index contributed by atoms with van der Waals surface area (Å²) in [5, 5.41) is 0.211. The Kier molecular flexibility index (Phi) is 3.82. The number of nitrogens with two attached hydrogens (primary N) is 1. The number of anilines is 1. The summed E-state index contributed by atoms with van der Waals surface area (Å²) in [7, 11) is -1.57. The number of benzene rings is 1. The summed E-state index contributed by atoms with van der Waals surface area (Å²) >= 11 is 5.96.